The van der Waals surface area contributed by atoms with Crippen molar-refractivity contribution in [1.29, 1.82) is 0 Å². The predicted octanol–water partition coefficient (Wildman–Crippen LogP) is 3.98. The van der Waals surface area contributed by atoms with Crippen molar-refractivity contribution in [2.45, 2.75) is 31.2 Å². The van der Waals surface area contributed by atoms with Crippen LogP contribution in [0.25, 0.3) is 0 Å². The Hall–Kier alpha value is -0.310. The third kappa shape index (κ3) is 3.57. The van der Waals surface area contributed by atoms with E-state index in [-0.39, 0.29) is 5.82 Å². The minimum absolute atomic E-state index is 0.296. The van der Waals surface area contributed by atoms with Crippen molar-refractivity contribution >= 4 is 23.2 Å². The summed E-state index contributed by atoms with van der Waals surface area (Å²) < 4.78 is 12.8. The van der Waals surface area contributed by atoms with Crippen LogP contribution in [-0.2, 0) is 6.54 Å². The summed E-state index contributed by atoms with van der Waals surface area (Å²) in [6.45, 7) is 1.57. The highest BCUT2D eigenvalue weighted by Crippen LogP contribution is 2.29. The van der Waals surface area contributed by atoms with E-state index in [1.807, 2.05) is 0 Å². The molecule has 2 unspecified atom stereocenters. The molecule has 94 valence electrons. The Morgan fingerprint density at radius 3 is 2.82 bits per heavy atom. The maximum absolute atomic E-state index is 12.8. The fraction of sp³-hybridized carbons (Fsp3) is 0.538. The monoisotopic (exact) mass is 275 g/mol. The summed E-state index contributed by atoms with van der Waals surface area (Å²) in [6.07, 6.45) is 3.53. The van der Waals surface area contributed by atoms with Gasteiger partial charge >= 0.3 is 0 Å². The lowest BCUT2D eigenvalue weighted by Crippen LogP contribution is -2.25. The normalized spacial score (nSPS) is 24.2. The molecule has 0 spiro atoms. The molecule has 2 rings (SSSR count). The number of nitrogens with one attached hydrogen (secondary N) is 1. The summed E-state index contributed by atoms with van der Waals surface area (Å²) >= 11 is 12.1. The van der Waals surface area contributed by atoms with E-state index in [9.17, 15) is 4.39 Å². The molecule has 2 atom stereocenters. The van der Waals surface area contributed by atoms with Gasteiger partial charge in [-0.2, -0.15) is 0 Å². The molecule has 0 amide bonds. The maximum Gasteiger partial charge on any atom is 0.124 e. The highest BCUT2D eigenvalue weighted by Gasteiger charge is 2.24. The van der Waals surface area contributed by atoms with Crippen LogP contribution >= 0.6 is 23.2 Å². The van der Waals surface area contributed by atoms with Crippen LogP contribution < -0.4 is 5.32 Å². The SMILES string of the molecule is Fc1ccc(CNCC2CCCC2Cl)c(Cl)c1. The van der Waals surface area contributed by atoms with Gasteiger partial charge < -0.3 is 5.32 Å². The average molecular weight is 276 g/mol. The first kappa shape index (κ1) is 13.1. The zero-order chi connectivity index (χ0) is 12.3. The molecular formula is C13H16Cl2FN. The van der Waals surface area contributed by atoms with E-state index in [1.165, 1.54) is 25.0 Å². The molecule has 0 aromatic heterocycles. The molecule has 1 N–H and O–H groups in total. The molecule has 0 aliphatic heterocycles. The lowest BCUT2D eigenvalue weighted by molar-refractivity contribution is 0.493. The molecule has 1 nitrogen and oxygen atoms in total. The van der Waals surface area contributed by atoms with Gasteiger partial charge in [0.1, 0.15) is 5.82 Å². The lowest BCUT2D eigenvalue weighted by Gasteiger charge is -2.14. The smallest absolute Gasteiger partial charge is 0.124 e. The molecule has 1 aliphatic rings. The zero-order valence-electron chi connectivity index (χ0n) is 9.56. The molecule has 1 saturated carbocycles. The van der Waals surface area contributed by atoms with E-state index in [2.05, 4.69) is 5.32 Å². The second-order valence-corrected chi connectivity index (χ2v) is 5.54. The van der Waals surface area contributed by atoms with Gasteiger partial charge in [0.15, 0.2) is 0 Å². The Kier molecular flexibility index (Phi) is 4.66. The lowest BCUT2D eigenvalue weighted by atomic mass is 10.1. The molecular weight excluding hydrogens is 260 g/mol. The highest BCUT2D eigenvalue weighted by molar-refractivity contribution is 6.31. The quantitative estimate of drug-likeness (QED) is 0.820. The van der Waals surface area contributed by atoms with Crippen LogP contribution in [-0.4, -0.2) is 11.9 Å². The summed E-state index contributed by atoms with van der Waals surface area (Å²) in [7, 11) is 0. The van der Waals surface area contributed by atoms with E-state index in [0.717, 1.165) is 18.5 Å². The van der Waals surface area contributed by atoms with Crippen LogP contribution in [0.2, 0.25) is 5.02 Å². The topological polar surface area (TPSA) is 12.0 Å². The summed E-state index contributed by atoms with van der Waals surface area (Å²) in [5.41, 5.74) is 0.928. The predicted molar refractivity (Wildman–Crippen MR) is 70.1 cm³/mol. The van der Waals surface area contributed by atoms with Gasteiger partial charge in [-0.1, -0.05) is 24.1 Å². The van der Waals surface area contributed by atoms with Crippen LogP contribution in [0.3, 0.4) is 0 Å². The molecule has 0 bridgehead atoms. The van der Waals surface area contributed by atoms with Gasteiger partial charge in [-0.15, -0.1) is 11.6 Å². The fourth-order valence-electron chi connectivity index (χ4n) is 2.28. The van der Waals surface area contributed by atoms with Gasteiger partial charge in [-0.25, -0.2) is 4.39 Å². The number of rotatable bonds is 4. The van der Waals surface area contributed by atoms with Gasteiger partial charge in [-0.3, -0.25) is 0 Å². The Morgan fingerprint density at radius 1 is 1.35 bits per heavy atom. The molecule has 4 heteroatoms. The summed E-state index contributed by atoms with van der Waals surface area (Å²) in [5.74, 6) is 0.256. The van der Waals surface area contributed by atoms with Crippen molar-refractivity contribution in [1.82, 2.24) is 5.32 Å². The molecule has 0 heterocycles. The Balaban J connectivity index is 1.81. The molecule has 0 saturated heterocycles. The number of hydrogen-bond donors (Lipinski definition) is 1. The van der Waals surface area contributed by atoms with Crippen molar-refractivity contribution in [2.75, 3.05) is 6.54 Å². The minimum Gasteiger partial charge on any atom is -0.312 e. The first-order valence-electron chi connectivity index (χ1n) is 5.95. The minimum atomic E-state index is -0.296. The summed E-state index contributed by atoms with van der Waals surface area (Å²) in [6, 6.07) is 4.50. The fourth-order valence-corrected chi connectivity index (χ4v) is 2.88. The molecule has 0 radical (unpaired) electrons. The van der Waals surface area contributed by atoms with E-state index >= 15 is 0 Å². The second-order valence-electron chi connectivity index (χ2n) is 4.57. The van der Waals surface area contributed by atoms with Crippen LogP contribution in [0, 0.1) is 11.7 Å². The number of halogens is 3. The zero-order valence-corrected chi connectivity index (χ0v) is 11.1. The van der Waals surface area contributed by atoms with Crippen molar-refractivity contribution in [2.24, 2.45) is 5.92 Å². The largest absolute Gasteiger partial charge is 0.312 e. The Labute approximate surface area is 111 Å². The molecule has 17 heavy (non-hydrogen) atoms. The van der Waals surface area contributed by atoms with Crippen LogP contribution in [0.1, 0.15) is 24.8 Å². The van der Waals surface area contributed by atoms with Crippen molar-refractivity contribution in [3.8, 4) is 0 Å². The van der Waals surface area contributed by atoms with E-state index in [4.69, 9.17) is 23.2 Å². The Bertz CT molecular complexity index is 384. The third-order valence-corrected chi connectivity index (χ3v) is 4.23. The van der Waals surface area contributed by atoms with Crippen LogP contribution in [0.4, 0.5) is 4.39 Å². The number of hydrogen-bond acceptors (Lipinski definition) is 1. The van der Waals surface area contributed by atoms with Crippen LogP contribution in [0.15, 0.2) is 18.2 Å². The second kappa shape index (κ2) is 6.03. The third-order valence-electron chi connectivity index (χ3n) is 3.30. The van der Waals surface area contributed by atoms with Gasteiger partial charge in [-0.05, 0) is 43.0 Å². The molecule has 1 aliphatic carbocycles. The van der Waals surface area contributed by atoms with Gasteiger partial charge in [0.05, 0.1) is 0 Å². The van der Waals surface area contributed by atoms with Crippen molar-refractivity contribution in [3.05, 3.63) is 34.6 Å². The Morgan fingerprint density at radius 2 is 2.18 bits per heavy atom. The van der Waals surface area contributed by atoms with E-state index in [1.54, 1.807) is 6.07 Å². The van der Waals surface area contributed by atoms with E-state index < -0.39 is 0 Å². The van der Waals surface area contributed by atoms with Gasteiger partial charge in [0, 0.05) is 16.9 Å². The average Bonchev–Trinajstić information content (AvgIpc) is 2.68. The van der Waals surface area contributed by atoms with Gasteiger partial charge in [0.2, 0.25) is 0 Å². The molecule has 1 aromatic rings. The first-order chi connectivity index (χ1) is 8.16. The standard InChI is InChI=1S/C13H16Cl2FN/c14-12-3-1-2-9(12)7-17-8-10-4-5-11(16)6-13(10)15/h4-6,9,12,17H,1-3,7-8H2. The molecule has 1 fully saturated rings. The number of alkyl halides is 1. The highest BCUT2D eigenvalue weighted by atomic mass is 35.5. The van der Waals surface area contributed by atoms with E-state index in [0.29, 0.717) is 22.9 Å². The number of benzene rings is 1. The van der Waals surface area contributed by atoms with Crippen LogP contribution in [0.5, 0.6) is 0 Å². The molecule has 1 aromatic carbocycles. The first-order valence-corrected chi connectivity index (χ1v) is 6.77. The van der Waals surface area contributed by atoms with Crippen molar-refractivity contribution < 1.29 is 4.39 Å². The maximum atomic E-state index is 12.8. The summed E-state index contributed by atoms with van der Waals surface area (Å²) in [4.78, 5) is 0. The van der Waals surface area contributed by atoms with Gasteiger partial charge in [0.25, 0.3) is 0 Å². The van der Waals surface area contributed by atoms with Crippen molar-refractivity contribution in [3.63, 3.8) is 0 Å². The summed E-state index contributed by atoms with van der Waals surface area (Å²) in [5, 5.41) is 4.12.